The molecule has 0 saturated carbocycles. The molecule has 27 heavy (non-hydrogen) atoms. The summed E-state index contributed by atoms with van der Waals surface area (Å²) in [6.45, 7) is 0.185. The Kier molecular flexibility index (Phi) is 7.58. The molecule has 0 unspecified atom stereocenters. The Morgan fingerprint density at radius 3 is 2.30 bits per heavy atom. The number of halogens is 1. The van der Waals surface area contributed by atoms with E-state index < -0.39 is 17.8 Å². The first-order valence-corrected chi connectivity index (χ1v) is 8.67. The zero-order valence-corrected chi connectivity index (χ0v) is 15.2. The molecule has 0 aromatic heterocycles. The molecule has 0 radical (unpaired) electrons. The van der Waals surface area contributed by atoms with Gasteiger partial charge in [0.05, 0.1) is 0 Å². The first kappa shape index (κ1) is 20.2. The van der Waals surface area contributed by atoms with E-state index in [1.807, 2.05) is 0 Å². The van der Waals surface area contributed by atoms with E-state index in [0.29, 0.717) is 22.6 Å². The Hall–Kier alpha value is -3.12. The number of carbonyl (C=O) groups excluding carboxylic acids is 2. The maximum atomic E-state index is 12.5. The first-order chi connectivity index (χ1) is 13.0. The Morgan fingerprint density at radius 1 is 1.00 bits per heavy atom. The number of aliphatic carboxylic acids is 1. The number of hydrogen-bond donors (Lipinski definition) is 3. The standard InChI is InChI=1S/C20H19ClN2O4/c21-16-10-8-14(9-11-16)13-17(20(27)22-12-4-7-18(24)25)23-19(26)15-5-2-1-3-6-15/h1-3,5-6,8-11,13H,4,7,12H2,(H,22,27)(H,23,26)(H,24,25). The van der Waals surface area contributed by atoms with Crippen molar-refractivity contribution in [3.8, 4) is 0 Å². The van der Waals surface area contributed by atoms with Gasteiger partial charge in [0.2, 0.25) is 0 Å². The predicted octanol–water partition coefficient (Wildman–Crippen LogP) is 3.09. The van der Waals surface area contributed by atoms with Crippen LogP contribution in [-0.4, -0.2) is 29.4 Å². The second-order valence-corrected chi connectivity index (χ2v) is 6.12. The molecular weight excluding hydrogens is 368 g/mol. The topological polar surface area (TPSA) is 95.5 Å². The van der Waals surface area contributed by atoms with E-state index in [9.17, 15) is 14.4 Å². The number of carboxylic acid groups (broad SMARTS) is 1. The second-order valence-electron chi connectivity index (χ2n) is 5.68. The van der Waals surface area contributed by atoms with Crippen molar-refractivity contribution < 1.29 is 19.5 Å². The van der Waals surface area contributed by atoms with E-state index in [-0.39, 0.29) is 18.7 Å². The third-order valence-corrected chi connectivity index (χ3v) is 3.81. The molecule has 2 aromatic rings. The summed E-state index contributed by atoms with van der Waals surface area (Å²) in [5.41, 5.74) is 1.16. The Labute approximate surface area is 161 Å². The Balaban J connectivity index is 2.14. The summed E-state index contributed by atoms with van der Waals surface area (Å²) in [6.07, 6.45) is 1.78. The molecule has 6 nitrogen and oxygen atoms in total. The number of rotatable bonds is 8. The van der Waals surface area contributed by atoms with E-state index in [0.717, 1.165) is 0 Å². The summed E-state index contributed by atoms with van der Waals surface area (Å²) in [5.74, 6) is -1.85. The van der Waals surface area contributed by atoms with Gasteiger partial charge in [0.25, 0.3) is 11.8 Å². The van der Waals surface area contributed by atoms with Gasteiger partial charge in [0.15, 0.2) is 0 Å². The van der Waals surface area contributed by atoms with Gasteiger partial charge >= 0.3 is 5.97 Å². The van der Waals surface area contributed by atoms with Crippen LogP contribution in [0, 0.1) is 0 Å². The van der Waals surface area contributed by atoms with Gasteiger partial charge < -0.3 is 15.7 Å². The van der Waals surface area contributed by atoms with Crippen molar-refractivity contribution in [1.82, 2.24) is 10.6 Å². The average molecular weight is 387 g/mol. The number of benzene rings is 2. The van der Waals surface area contributed by atoms with Crippen LogP contribution in [0.25, 0.3) is 6.08 Å². The molecule has 0 aliphatic rings. The van der Waals surface area contributed by atoms with Crippen molar-refractivity contribution in [1.29, 1.82) is 0 Å². The van der Waals surface area contributed by atoms with Crippen LogP contribution in [0.2, 0.25) is 5.02 Å². The van der Waals surface area contributed by atoms with E-state index in [4.69, 9.17) is 16.7 Å². The quantitative estimate of drug-likeness (QED) is 0.480. The summed E-state index contributed by atoms with van der Waals surface area (Å²) >= 11 is 5.87. The molecule has 140 valence electrons. The highest BCUT2D eigenvalue weighted by atomic mass is 35.5. The van der Waals surface area contributed by atoms with Gasteiger partial charge in [-0.15, -0.1) is 0 Å². The van der Waals surface area contributed by atoms with E-state index in [2.05, 4.69) is 10.6 Å². The van der Waals surface area contributed by atoms with E-state index in [1.54, 1.807) is 54.6 Å². The van der Waals surface area contributed by atoms with Gasteiger partial charge in [0.1, 0.15) is 5.70 Å². The van der Waals surface area contributed by atoms with Crippen LogP contribution < -0.4 is 10.6 Å². The van der Waals surface area contributed by atoms with Crippen LogP contribution in [-0.2, 0) is 9.59 Å². The largest absolute Gasteiger partial charge is 0.481 e. The van der Waals surface area contributed by atoms with Crippen LogP contribution in [0.4, 0.5) is 0 Å². The second kappa shape index (κ2) is 10.1. The van der Waals surface area contributed by atoms with Crippen LogP contribution >= 0.6 is 11.6 Å². The predicted molar refractivity (Wildman–Crippen MR) is 103 cm³/mol. The van der Waals surface area contributed by atoms with E-state index in [1.165, 1.54) is 6.08 Å². The molecule has 0 aliphatic heterocycles. The summed E-state index contributed by atoms with van der Waals surface area (Å²) in [4.78, 5) is 35.4. The molecule has 0 bridgehead atoms. The lowest BCUT2D eigenvalue weighted by atomic mass is 10.1. The zero-order valence-electron chi connectivity index (χ0n) is 14.4. The molecule has 2 aromatic carbocycles. The minimum Gasteiger partial charge on any atom is -0.481 e. The number of carboxylic acids is 1. The van der Waals surface area contributed by atoms with Gasteiger partial charge in [0, 0.05) is 23.6 Å². The van der Waals surface area contributed by atoms with Gasteiger partial charge in [-0.05, 0) is 42.3 Å². The van der Waals surface area contributed by atoms with Crippen LogP contribution in [0.1, 0.15) is 28.8 Å². The lowest BCUT2D eigenvalue weighted by Crippen LogP contribution is -2.35. The van der Waals surface area contributed by atoms with Crippen molar-refractivity contribution in [2.24, 2.45) is 0 Å². The molecule has 3 N–H and O–H groups in total. The molecule has 0 spiro atoms. The molecule has 0 atom stereocenters. The van der Waals surface area contributed by atoms with Gasteiger partial charge in [-0.2, -0.15) is 0 Å². The number of carbonyl (C=O) groups is 3. The highest BCUT2D eigenvalue weighted by Crippen LogP contribution is 2.12. The minimum absolute atomic E-state index is 0.0487. The fraction of sp³-hybridized carbons (Fsp3) is 0.150. The van der Waals surface area contributed by atoms with Crippen LogP contribution in [0.5, 0.6) is 0 Å². The smallest absolute Gasteiger partial charge is 0.303 e. The number of hydrogen-bond acceptors (Lipinski definition) is 3. The maximum absolute atomic E-state index is 12.5. The summed E-state index contributed by atoms with van der Waals surface area (Å²) in [6, 6.07) is 15.3. The van der Waals surface area contributed by atoms with Gasteiger partial charge in [-0.25, -0.2) is 0 Å². The first-order valence-electron chi connectivity index (χ1n) is 8.29. The summed E-state index contributed by atoms with van der Waals surface area (Å²) in [7, 11) is 0. The molecule has 0 saturated heterocycles. The SMILES string of the molecule is O=C(O)CCCNC(=O)C(=Cc1ccc(Cl)cc1)NC(=O)c1ccccc1. The van der Waals surface area contributed by atoms with Crippen molar-refractivity contribution in [2.75, 3.05) is 6.54 Å². The fourth-order valence-corrected chi connectivity index (χ4v) is 2.33. The lowest BCUT2D eigenvalue weighted by molar-refractivity contribution is -0.137. The number of nitrogens with one attached hydrogen (secondary N) is 2. The maximum Gasteiger partial charge on any atom is 0.303 e. The third kappa shape index (κ3) is 6.95. The molecule has 0 fully saturated rings. The summed E-state index contributed by atoms with van der Waals surface area (Å²) < 4.78 is 0. The van der Waals surface area contributed by atoms with Crippen molar-refractivity contribution >= 4 is 35.5 Å². The molecular formula is C20H19ClN2O4. The molecule has 7 heteroatoms. The zero-order chi connectivity index (χ0) is 19.6. The highest BCUT2D eigenvalue weighted by Gasteiger charge is 2.14. The average Bonchev–Trinajstić information content (AvgIpc) is 2.66. The summed E-state index contributed by atoms with van der Waals surface area (Å²) in [5, 5.41) is 14.4. The van der Waals surface area contributed by atoms with Crippen LogP contribution in [0.15, 0.2) is 60.3 Å². The fourth-order valence-electron chi connectivity index (χ4n) is 2.20. The van der Waals surface area contributed by atoms with Crippen molar-refractivity contribution in [2.45, 2.75) is 12.8 Å². The van der Waals surface area contributed by atoms with Crippen molar-refractivity contribution in [3.05, 3.63) is 76.4 Å². The normalized spacial score (nSPS) is 10.9. The van der Waals surface area contributed by atoms with Gasteiger partial charge in [-0.3, -0.25) is 14.4 Å². The molecule has 0 aliphatic carbocycles. The Bertz CT molecular complexity index is 833. The third-order valence-electron chi connectivity index (χ3n) is 3.56. The monoisotopic (exact) mass is 386 g/mol. The minimum atomic E-state index is -0.932. The molecule has 2 amide bonds. The number of amides is 2. The Morgan fingerprint density at radius 2 is 1.67 bits per heavy atom. The van der Waals surface area contributed by atoms with Gasteiger partial charge in [-0.1, -0.05) is 41.9 Å². The van der Waals surface area contributed by atoms with E-state index >= 15 is 0 Å². The highest BCUT2D eigenvalue weighted by molar-refractivity contribution is 6.30. The molecule has 0 heterocycles. The van der Waals surface area contributed by atoms with Crippen LogP contribution in [0.3, 0.4) is 0 Å². The lowest BCUT2D eigenvalue weighted by Gasteiger charge is -2.11. The molecule has 2 rings (SSSR count). The van der Waals surface area contributed by atoms with Crippen molar-refractivity contribution in [3.63, 3.8) is 0 Å².